The summed E-state index contributed by atoms with van der Waals surface area (Å²) in [5, 5.41) is 13.1. The second-order valence-corrected chi connectivity index (χ2v) is 8.23. The van der Waals surface area contributed by atoms with Gasteiger partial charge in [0.15, 0.2) is 0 Å². The molecule has 142 valence electrons. The standard InChI is InChI=1S/C23H27NO2S/c1-16-9-10-19-18(12-16)22-20(25)13-17(14-21(22)26-23(19,2)3)8-6-4-5-7-11-24-15-27/h9,13-14,18-19,25H,5,7-8,10-12H2,1-3H3/t18-,19-/m1/s1. The van der Waals surface area contributed by atoms with Crippen LogP contribution in [0, 0.1) is 17.8 Å². The lowest BCUT2D eigenvalue weighted by Gasteiger charge is -2.47. The smallest absolute Gasteiger partial charge is 0.127 e. The number of thiocarbonyl (C=S) groups is 1. The maximum absolute atomic E-state index is 10.8. The van der Waals surface area contributed by atoms with Gasteiger partial charge in [0.2, 0.25) is 0 Å². The van der Waals surface area contributed by atoms with Crippen LogP contribution in [0.25, 0.3) is 0 Å². The minimum Gasteiger partial charge on any atom is -0.508 e. The number of phenols is 1. The monoisotopic (exact) mass is 381 g/mol. The third-order valence-corrected chi connectivity index (χ3v) is 5.75. The summed E-state index contributed by atoms with van der Waals surface area (Å²) < 4.78 is 6.35. The lowest BCUT2D eigenvalue weighted by molar-refractivity contribution is 0.00754. The third kappa shape index (κ3) is 4.43. The number of aromatic hydroxyl groups is 1. The van der Waals surface area contributed by atoms with Crippen LogP contribution >= 0.6 is 12.2 Å². The molecule has 2 atom stereocenters. The Kier molecular flexibility index (Phi) is 6.05. The van der Waals surface area contributed by atoms with Crippen LogP contribution in [0.4, 0.5) is 0 Å². The predicted molar refractivity (Wildman–Crippen MR) is 113 cm³/mol. The van der Waals surface area contributed by atoms with E-state index in [1.807, 2.05) is 6.07 Å². The highest BCUT2D eigenvalue weighted by Gasteiger charge is 2.45. The molecular weight excluding hydrogens is 354 g/mol. The van der Waals surface area contributed by atoms with Crippen LogP contribution in [0.2, 0.25) is 0 Å². The summed E-state index contributed by atoms with van der Waals surface area (Å²) >= 11 is 4.54. The highest BCUT2D eigenvalue weighted by molar-refractivity contribution is 7.78. The maximum atomic E-state index is 10.8. The summed E-state index contributed by atoms with van der Waals surface area (Å²) in [5.41, 5.74) is 3.12. The molecule has 3 rings (SSSR count). The first-order valence-electron chi connectivity index (χ1n) is 9.62. The number of phenolic OH excluding ortho intramolecular Hbond substituents is 1. The number of hydrogen-bond donors (Lipinski definition) is 1. The number of fused-ring (bicyclic) bond motifs is 3. The summed E-state index contributed by atoms with van der Waals surface area (Å²) in [5.74, 6) is 8.21. The van der Waals surface area contributed by atoms with Gasteiger partial charge >= 0.3 is 0 Å². The van der Waals surface area contributed by atoms with Gasteiger partial charge in [0.1, 0.15) is 17.1 Å². The van der Waals surface area contributed by atoms with Gasteiger partial charge in [-0.25, -0.2) is 4.99 Å². The Balaban J connectivity index is 1.79. The van der Waals surface area contributed by atoms with Crippen LogP contribution in [0.5, 0.6) is 11.5 Å². The molecule has 1 N–H and O–H groups in total. The fraction of sp³-hybridized carbons (Fsp3) is 0.522. The summed E-state index contributed by atoms with van der Waals surface area (Å²) in [6.07, 6.45) is 6.59. The largest absolute Gasteiger partial charge is 0.508 e. The number of aliphatic imine (C=N–C) groups is 1. The molecule has 1 aromatic carbocycles. The minimum absolute atomic E-state index is 0.242. The zero-order valence-corrected chi connectivity index (χ0v) is 17.2. The van der Waals surface area contributed by atoms with Crippen molar-refractivity contribution in [3.05, 3.63) is 34.9 Å². The second kappa shape index (κ2) is 8.30. The average Bonchev–Trinajstić information content (AvgIpc) is 2.59. The highest BCUT2D eigenvalue weighted by Crippen LogP contribution is 2.54. The molecule has 0 spiro atoms. The van der Waals surface area contributed by atoms with Crippen molar-refractivity contribution in [2.24, 2.45) is 10.9 Å². The first kappa shape index (κ1) is 19.7. The van der Waals surface area contributed by atoms with E-state index in [4.69, 9.17) is 4.74 Å². The molecule has 27 heavy (non-hydrogen) atoms. The quantitative estimate of drug-likeness (QED) is 0.248. The number of allylic oxidation sites excluding steroid dienone is 2. The topological polar surface area (TPSA) is 41.8 Å². The second-order valence-electron chi connectivity index (χ2n) is 8.04. The van der Waals surface area contributed by atoms with E-state index in [0.717, 1.165) is 42.6 Å². The van der Waals surface area contributed by atoms with Gasteiger partial charge in [-0.2, -0.15) is 0 Å². The van der Waals surface area contributed by atoms with Gasteiger partial charge in [0.05, 0.1) is 11.7 Å². The Bertz CT molecular complexity index is 853. The molecule has 0 aromatic heterocycles. The molecule has 2 aliphatic rings. The van der Waals surface area contributed by atoms with Crippen LogP contribution < -0.4 is 4.74 Å². The molecule has 0 fully saturated rings. The molecule has 0 saturated carbocycles. The number of isothiocyanates is 1. The Labute approximate surface area is 167 Å². The van der Waals surface area contributed by atoms with Crippen LogP contribution in [-0.2, 0) is 6.42 Å². The van der Waals surface area contributed by atoms with Crippen molar-refractivity contribution in [3.63, 3.8) is 0 Å². The molecule has 1 aliphatic carbocycles. The van der Waals surface area contributed by atoms with Crippen LogP contribution in [0.15, 0.2) is 28.8 Å². The van der Waals surface area contributed by atoms with Crippen molar-refractivity contribution < 1.29 is 9.84 Å². The van der Waals surface area contributed by atoms with Gasteiger partial charge in [-0.05, 0) is 69.9 Å². The van der Waals surface area contributed by atoms with Crippen molar-refractivity contribution in [1.82, 2.24) is 0 Å². The van der Waals surface area contributed by atoms with E-state index < -0.39 is 0 Å². The molecule has 0 radical (unpaired) electrons. The molecule has 0 amide bonds. The molecule has 1 aromatic rings. The van der Waals surface area contributed by atoms with Crippen molar-refractivity contribution in [2.45, 2.75) is 64.4 Å². The summed E-state index contributed by atoms with van der Waals surface area (Å²) in [7, 11) is 0. The van der Waals surface area contributed by atoms with Gasteiger partial charge in [-0.15, -0.1) is 5.92 Å². The van der Waals surface area contributed by atoms with Crippen molar-refractivity contribution in [3.8, 4) is 23.3 Å². The van der Waals surface area contributed by atoms with Crippen molar-refractivity contribution in [2.75, 3.05) is 6.54 Å². The van der Waals surface area contributed by atoms with Gasteiger partial charge < -0.3 is 9.84 Å². The molecule has 1 aliphatic heterocycles. The van der Waals surface area contributed by atoms with Gasteiger partial charge in [-0.3, -0.25) is 0 Å². The Hall–Kier alpha value is -2.08. The first-order chi connectivity index (χ1) is 12.9. The molecule has 3 nitrogen and oxygen atoms in total. The SMILES string of the molecule is CC1=CC[C@@H]2[C@@H](C1)c1c(O)cc(CC#CCCCN=C=S)cc1OC2(C)C. The van der Waals surface area contributed by atoms with E-state index in [1.54, 1.807) is 0 Å². The van der Waals surface area contributed by atoms with E-state index in [1.165, 1.54) is 5.57 Å². The summed E-state index contributed by atoms with van der Waals surface area (Å²) in [6, 6.07) is 3.92. The number of unbranched alkanes of at least 4 members (excludes halogenated alkanes) is 1. The van der Waals surface area contributed by atoms with Gasteiger partial charge in [0.25, 0.3) is 0 Å². The first-order valence-corrected chi connectivity index (χ1v) is 10.0. The minimum atomic E-state index is -0.242. The molecule has 0 unspecified atom stereocenters. The lowest BCUT2D eigenvalue weighted by atomic mass is 9.67. The van der Waals surface area contributed by atoms with E-state index in [-0.39, 0.29) is 5.60 Å². The Morgan fingerprint density at radius 1 is 1.33 bits per heavy atom. The number of nitrogens with zero attached hydrogens (tertiary/aromatic N) is 1. The van der Waals surface area contributed by atoms with E-state index in [0.29, 0.717) is 30.6 Å². The zero-order valence-electron chi connectivity index (χ0n) is 16.3. The number of rotatable bonds is 4. The van der Waals surface area contributed by atoms with Gasteiger partial charge in [-0.1, -0.05) is 17.6 Å². The normalized spacial score (nSPS) is 22.1. The fourth-order valence-corrected chi connectivity index (χ4v) is 4.36. The average molecular weight is 382 g/mol. The fourth-order valence-electron chi connectivity index (χ4n) is 4.27. The van der Waals surface area contributed by atoms with Crippen molar-refractivity contribution in [1.29, 1.82) is 0 Å². The number of ether oxygens (including phenoxy) is 1. The highest BCUT2D eigenvalue weighted by atomic mass is 32.1. The molecule has 0 saturated heterocycles. The zero-order chi connectivity index (χ0) is 19.4. The van der Waals surface area contributed by atoms with Crippen LogP contribution in [0.3, 0.4) is 0 Å². The van der Waals surface area contributed by atoms with Gasteiger partial charge in [0, 0.05) is 30.2 Å². The summed E-state index contributed by atoms with van der Waals surface area (Å²) in [4.78, 5) is 3.88. The molecule has 4 heteroatoms. The molecule has 1 heterocycles. The predicted octanol–water partition coefficient (Wildman–Crippen LogP) is 5.43. The molecular formula is C23H27NO2S. The Morgan fingerprint density at radius 3 is 2.93 bits per heavy atom. The van der Waals surface area contributed by atoms with Crippen LogP contribution in [-0.4, -0.2) is 22.4 Å². The molecule has 0 bridgehead atoms. The van der Waals surface area contributed by atoms with E-state index >= 15 is 0 Å². The van der Waals surface area contributed by atoms with E-state index in [2.05, 4.69) is 67.1 Å². The van der Waals surface area contributed by atoms with Crippen molar-refractivity contribution >= 4 is 17.4 Å². The van der Waals surface area contributed by atoms with Crippen LogP contribution in [0.1, 0.15) is 63.5 Å². The Morgan fingerprint density at radius 2 is 2.15 bits per heavy atom. The summed E-state index contributed by atoms with van der Waals surface area (Å²) in [6.45, 7) is 7.18. The maximum Gasteiger partial charge on any atom is 0.127 e. The lowest BCUT2D eigenvalue weighted by Crippen LogP contribution is -2.45. The number of hydrogen-bond acceptors (Lipinski definition) is 4. The number of benzene rings is 1. The third-order valence-electron chi connectivity index (χ3n) is 5.62. The van der Waals surface area contributed by atoms with E-state index in [9.17, 15) is 5.11 Å².